The first-order chi connectivity index (χ1) is 13.0. The Morgan fingerprint density at radius 1 is 1.15 bits per heavy atom. The molecule has 5 nitrogen and oxygen atoms in total. The van der Waals surface area contributed by atoms with Gasteiger partial charge in [0.05, 0.1) is 12.0 Å². The smallest absolute Gasteiger partial charge is 0.315 e. The molecule has 1 aromatic carbocycles. The van der Waals surface area contributed by atoms with E-state index in [1.54, 1.807) is 11.3 Å². The van der Waals surface area contributed by atoms with Gasteiger partial charge in [0.25, 0.3) is 0 Å². The summed E-state index contributed by atoms with van der Waals surface area (Å²) in [6, 6.07) is 12.0. The van der Waals surface area contributed by atoms with Crippen molar-refractivity contribution in [3.05, 3.63) is 57.8 Å². The number of carbonyl (C=O) groups is 2. The van der Waals surface area contributed by atoms with E-state index in [1.165, 1.54) is 16.0 Å². The molecule has 0 bridgehead atoms. The van der Waals surface area contributed by atoms with E-state index in [2.05, 4.69) is 41.1 Å². The summed E-state index contributed by atoms with van der Waals surface area (Å²) in [6.07, 6.45) is 3.41. The number of nitrogens with one attached hydrogen (secondary N) is 2. The topological polar surface area (TPSA) is 78.4 Å². The van der Waals surface area contributed by atoms with Gasteiger partial charge in [0.15, 0.2) is 0 Å². The third-order valence-electron chi connectivity index (χ3n) is 5.22. The molecule has 1 unspecified atom stereocenters. The van der Waals surface area contributed by atoms with Gasteiger partial charge in [-0.1, -0.05) is 30.3 Å². The fraction of sp³-hybridized carbons (Fsp3) is 0.429. The molecular weight excluding hydrogens is 360 g/mol. The molecule has 2 amide bonds. The van der Waals surface area contributed by atoms with Crippen LogP contribution >= 0.6 is 11.3 Å². The molecule has 1 atom stereocenters. The number of benzene rings is 1. The van der Waals surface area contributed by atoms with Gasteiger partial charge in [-0.2, -0.15) is 0 Å². The summed E-state index contributed by atoms with van der Waals surface area (Å²) >= 11 is 1.66. The number of urea groups is 1. The van der Waals surface area contributed by atoms with E-state index in [0.717, 1.165) is 6.42 Å². The van der Waals surface area contributed by atoms with E-state index in [9.17, 15) is 9.59 Å². The van der Waals surface area contributed by atoms with Gasteiger partial charge in [0.1, 0.15) is 0 Å². The molecule has 3 N–H and O–H groups in total. The lowest BCUT2D eigenvalue weighted by atomic mass is 9.86. The SMILES string of the molecule is Cc1ccsc1C(Cc1ccccc1)NC(=O)NC1CCC(C(=O)O)CC1. The number of thiophene rings is 1. The molecule has 1 aromatic heterocycles. The van der Waals surface area contributed by atoms with E-state index >= 15 is 0 Å². The predicted molar refractivity (Wildman–Crippen MR) is 107 cm³/mol. The largest absolute Gasteiger partial charge is 0.481 e. The Morgan fingerprint density at radius 2 is 1.85 bits per heavy atom. The highest BCUT2D eigenvalue weighted by molar-refractivity contribution is 7.10. The van der Waals surface area contributed by atoms with E-state index < -0.39 is 5.97 Å². The predicted octanol–water partition coefficient (Wildman–Crippen LogP) is 4.28. The summed E-state index contributed by atoms with van der Waals surface area (Å²) < 4.78 is 0. The molecular formula is C21H26N2O3S. The van der Waals surface area contributed by atoms with Crippen LogP contribution in [-0.4, -0.2) is 23.1 Å². The zero-order valence-corrected chi connectivity index (χ0v) is 16.3. The minimum atomic E-state index is -0.728. The summed E-state index contributed by atoms with van der Waals surface area (Å²) in [6.45, 7) is 2.07. The summed E-state index contributed by atoms with van der Waals surface area (Å²) in [5.74, 6) is -1.00. The average Bonchev–Trinajstić information content (AvgIpc) is 3.08. The molecule has 1 aliphatic carbocycles. The van der Waals surface area contributed by atoms with Crippen molar-refractivity contribution in [2.24, 2.45) is 5.92 Å². The number of carbonyl (C=O) groups excluding carboxylic acids is 1. The van der Waals surface area contributed by atoms with Gasteiger partial charge in [-0.25, -0.2) is 4.79 Å². The Morgan fingerprint density at radius 3 is 2.44 bits per heavy atom. The number of carboxylic acids is 1. The van der Waals surface area contributed by atoms with Crippen molar-refractivity contribution in [2.75, 3.05) is 0 Å². The normalized spacial score (nSPS) is 20.6. The fourth-order valence-electron chi connectivity index (χ4n) is 3.67. The quantitative estimate of drug-likeness (QED) is 0.693. The maximum atomic E-state index is 12.6. The van der Waals surface area contributed by atoms with Crippen LogP contribution in [0.2, 0.25) is 0 Å². The first-order valence-corrected chi connectivity index (χ1v) is 10.3. The highest BCUT2D eigenvalue weighted by Gasteiger charge is 2.27. The Balaban J connectivity index is 1.61. The Bertz CT molecular complexity index is 767. The molecule has 0 spiro atoms. The van der Waals surface area contributed by atoms with Gasteiger partial charge >= 0.3 is 12.0 Å². The zero-order chi connectivity index (χ0) is 19.2. The van der Waals surface area contributed by atoms with E-state index in [4.69, 9.17) is 5.11 Å². The molecule has 1 aliphatic rings. The number of carboxylic acid groups (broad SMARTS) is 1. The minimum absolute atomic E-state index is 0.0439. The summed E-state index contributed by atoms with van der Waals surface area (Å²) in [7, 11) is 0. The van der Waals surface area contributed by atoms with Gasteiger partial charge < -0.3 is 15.7 Å². The van der Waals surface area contributed by atoms with Crippen molar-refractivity contribution in [3.63, 3.8) is 0 Å². The first kappa shape index (κ1) is 19.4. The standard InChI is InChI=1S/C21H26N2O3S/c1-14-11-12-27-19(14)18(13-15-5-3-2-4-6-15)23-21(26)22-17-9-7-16(8-10-17)20(24)25/h2-6,11-12,16-18H,7-10,13H2,1H3,(H,24,25)(H2,22,23,26). The van der Waals surface area contributed by atoms with Gasteiger partial charge in [-0.05, 0) is 61.6 Å². The Kier molecular flexibility index (Phi) is 6.50. The van der Waals surface area contributed by atoms with Crippen LogP contribution in [0, 0.1) is 12.8 Å². The van der Waals surface area contributed by atoms with E-state index in [0.29, 0.717) is 25.7 Å². The summed E-state index contributed by atoms with van der Waals surface area (Å²) in [4.78, 5) is 24.8. The third kappa shape index (κ3) is 5.32. The number of rotatable bonds is 6. The molecule has 0 aliphatic heterocycles. The number of aryl methyl sites for hydroxylation is 1. The molecule has 0 radical (unpaired) electrons. The number of hydrogen-bond donors (Lipinski definition) is 3. The van der Waals surface area contributed by atoms with Gasteiger partial charge in [0.2, 0.25) is 0 Å². The molecule has 0 saturated heterocycles. The highest BCUT2D eigenvalue weighted by Crippen LogP contribution is 2.28. The van der Waals surface area contributed by atoms with Crippen LogP contribution in [0.25, 0.3) is 0 Å². The second-order valence-electron chi connectivity index (χ2n) is 7.21. The van der Waals surface area contributed by atoms with Crippen LogP contribution in [0.5, 0.6) is 0 Å². The Hall–Kier alpha value is -2.34. The van der Waals surface area contributed by atoms with Gasteiger partial charge in [0, 0.05) is 10.9 Å². The van der Waals surface area contributed by atoms with Gasteiger partial charge in [-0.3, -0.25) is 4.79 Å². The highest BCUT2D eigenvalue weighted by atomic mass is 32.1. The van der Waals surface area contributed by atoms with Crippen LogP contribution in [0.4, 0.5) is 4.79 Å². The van der Waals surface area contributed by atoms with Crippen molar-refractivity contribution < 1.29 is 14.7 Å². The number of aliphatic carboxylic acids is 1. The van der Waals surface area contributed by atoms with Crippen molar-refractivity contribution in [2.45, 2.75) is 51.1 Å². The average molecular weight is 387 g/mol. The van der Waals surface area contributed by atoms with Crippen molar-refractivity contribution >= 4 is 23.3 Å². The van der Waals surface area contributed by atoms with Crippen LogP contribution < -0.4 is 10.6 Å². The van der Waals surface area contributed by atoms with Crippen LogP contribution in [0.15, 0.2) is 41.8 Å². The zero-order valence-electron chi connectivity index (χ0n) is 15.5. The van der Waals surface area contributed by atoms with Crippen molar-refractivity contribution in [3.8, 4) is 0 Å². The summed E-state index contributed by atoms with van der Waals surface area (Å²) in [5, 5.41) is 17.3. The number of amides is 2. The van der Waals surface area contributed by atoms with Crippen LogP contribution in [0.1, 0.15) is 47.7 Å². The molecule has 3 rings (SSSR count). The maximum Gasteiger partial charge on any atom is 0.315 e. The minimum Gasteiger partial charge on any atom is -0.481 e. The lowest BCUT2D eigenvalue weighted by Gasteiger charge is -2.28. The second kappa shape index (κ2) is 9.04. The Labute approximate surface area is 163 Å². The fourth-order valence-corrected chi connectivity index (χ4v) is 4.65. The van der Waals surface area contributed by atoms with Crippen molar-refractivity contribution in [1.82, 2.24) is 10.6 Å². The molecule has 144 valence electrons. The van der Waals surface area contributed by atoms with Crippen molar-refractivity contribution in [1.29, 1.82) is 0 Å². The van der Waals surface area contributed by atoms with Crippen LogP contribution in [0.3, 0.4) is 0 Å². The first-order valence-electron chi connectivity index (χ1n) is 9.40. The monoisotopic (exact) mass is 386 g/mol. The van der Waals surface area contributed by atoms with Gasteiger partial charge in [-0.15, -0.1) is 11.3 Å². The lowest BCUT2D eigenvalue weighted by molar-refractivity contribution is -0.142. The molecule has 2 aromatic rings. The van der Waals surface area contributed by atoms with E-state index in [1.807, 2.05) is 18.2 Å². The van der Waals surface area contributed by atoms with Crippen LogP contribution in [-0.2, 0) is 11.2 Å². The second-order valence-corrected chi connectivity index (χ2v) is 8.16. The molecule has 6 heteroatoms. The lowest BCUT2D eigenvalue weighted by Crippen LogP contribution is -2.45. The van der Waals surface area contributed by atoms with E-state index in [-0.39, 0.29) is 24.0 Å². The number of hydrogen-bond acceptors (Lipinski definition) is 3. The molecule has 1 heterocycles. The molecule has 27 heavy (non-hydrogen) atoms. The maximum absolute atomic E-state index is 12.6. The third-order valence-corrected chi connectivity index (χ3v) is 6.35. The molecule has 1 fully saturated rings. The summed E-state index contributed by atoms with van der Waals surface area (Å²) in [5.41, 5.74) is 2.36. The molecule has 1 saturated carbocycles.